The molecule has 110 valence electrons. The fraction of sp³-hybridized carbons (Fsp3) is 0.533. The predicted octanol–water partition coefficient (Wildman–Crippen LogP) is 2.84. The van der Waals surface area contributed by atoms with Crippen LogP contribution in [0.15, 0.2) is 18.2 Å². The maximum atomic E-state index is 12.6. The van der Waals surface area contributed by atoms with Crippen molar-refractivity contribution in [2.24, 2.45) is 0 Å². The van der Waals surface area contributed by atoms with Crippen LogP contribution in [0.2, 0.25) is 5.02 Å². The van der Waals surface area contributed by atoms with Gasteiger partial charge in [-0.25, -0.2) is 0 Å². The molecule has 0 aromatic heterocycles. The molecule has 1 saturated heterocycles. The fourth-order valence-electron chi connectivity index (χ4n) is 2.55. The Kier molecular flexibility index (Phi) is 4.89. The van der Waals surface area contributed by atoms with Crippen molar-refractivity contribution in [1.29, 1.82) is 0 Å². The number of rotatable bonds is 4. The number of methoxy groups -OCH3 is 1. The average Bonchev–Trinajstić information content (AvgIpc) is 2.40. The molecule has 1 amide bonds. The molecule has 1 unspecified atom stereocenters. The number of halogens is 1. The second-order valence-corrected chi connectivity index (χ2v) is 5.76. The number of nitrogens with one attached hydrogen (secondary N) is 1. The largest absolute Gasteiger partial charge is 0.495 e. The first kappa shape index (κ1) is 15.1. The third-order valence-corrected chi connectivity index (χ3v) is 3.64. The van der Waals surface area contributed by atoms with E-state index in [0.29, 0.717) is 17.3 Å². The van der Waals surface area contributed by atoms with Gasteiger partial charge in [0, 0.05) is 17.6 Å². The Morgan fingerprint density at radius 1 is 1.45 bits per heavy atom. The third kappa shape index (κ3) is 3.25. The topological polar surface area (TPSA) is 41.6 Å². The molecule has 1 atom stereocenters. The summed E-state index contributed by atoms with van der Waals surface area (Å²) in [5, 5.41) is 3.92. The van der Waals surface area contributed by atoms with Gasteiger partial charge in [-0.1, -0.05) is 25.4 Å². The van der Waals surface area contributed by atoms with E-state index >= 15 is 0 Å². The molecule has 0 bridgehead atoms. The van der Waals surface area contributed by atoms with E-state index < -0.39 is 0 Å². The lowest BCUT2D eigenvalue weighted by molar-refractivity contribution is -0.122. The minimum atomic E-state index is -0.132. The number of hydrogen-bond acceptors (Lipinski definition) is 3. The van der Waals surface area contributed by atoms with Gasteiger partial charge in [0.25, 0.3) is 0 Å². The van der Waals surface area contributed by atoms with Crippen LogP contribution in [-0.2, 0) is 4.79 Å². The van der Waals surface area contributed by atoms with Crippen LogP contribution in [0.4, 0.5) is 5.69 Å². The minimum Gasteiger partial charge on any atom is -0.495 e. The van der Waals surface area contributed by atoms with E-state index in [-0.39, 0.29) is 18.0 Å². The van der Waals surface area contributed by atoms with Crippen LogP contribution in [0.1, 0.15) is 26.7 Å². The highest BCUT2D eigenvalue weighted by molar-refractivity contribution is 6.31. The Bertz CT molecular complexity index is 491. The molecule has 0 radical (unpaired) electrons. The van der Waals surface area contributed by atoms with E-state index in [1.807, 2.05) is 13.8 Å². The smallest absolute Gasteiger partial charge is 0.244 e. The van der Waals surface area contributed by atoms with Gasteiger partial charge in [0.1, 0.15) is 5.75 Å². The van der Waals surface area contributed by atoms with E-state index in [2.05, 4.69) is 5.32 Å². The van der Waals surface area contributed by atoms with Gasteiger partial charge >= 0.3 is 0 Å². The van der Waals surface area contributed by atoms with Crippen molar-refractivity contribution >= 4 is 23.2 Å². The van der Waals surface area contributed by atoms with Crippen LogP contribution in [-0.4, -0.2) is 31.6 Å². The van der Waals surface area contributed by atoms with Crippen LogP contribution in [0.3, 0.4) is 0 Å². The molecule has 1 aromatic rings. The number of hydrogen-bond donors (Lipinski definition) is 1. The number of carbonyl (C=O) groups excluding carboxylic acids is 1. The Morgan fingerprint density at radius 3 is 2.85 bits per heavy atom. The number of anilines is 1. The molecule has 1 heterocycles. The molecule has 1 aliphatic rings. The first-order valence-corrected chi connectivity index (χ1v) is 7.31. The molecule has 5 heteroatoms. The van der Waals surface area contributed by atoms with E-state index in [4.69, 9.17) is 16.3 Å². The molecule has 1 fully saturated rings. The molecule has 1 aromatic carbocycles. The number of piperidine rings is 1. The van der Waals surface area contributed by atoms with Gasteiger partial charge in [-0.3, -0.25) is 4.79 Å². The molecular weight excluding hydrogens is 276 g/mol. The van der Waals surface area contributed by atoms with Crippen molar-refractivity contribution in [2.75, 3.05) is 18.6 Å². The third-order valence-electron chi connectivity index (χ3n) is 3.40. The summed E-state index contributed by atoms with van der Waals surface area (Å²) in [4.78, 5) is 14.4. The molecular formula is C15H21ClN2O2. The molecule has 0 spiro atoms. The van der Waals surface area contributed by atoms with Gasteiger partial charge in [-0.05, 0) is 31.0 Å². The Morgan fingerprint density at radius 2 is 2.20 bits per heavy atom. The van der Waals surface area contributed by atoms with E-state index in [1.165, 1.54) is 0 Å². The van der Waals surface area contributed by atoms with E-state index in [9.17, 15) is 4.79 Å². The first-order valence-electron chi connectivity index (χ1n) is 6.94. The first-order chi connectivity index (χ1) is 9.52. The SMILES string of the molecule is COc1ccc(Cl)cc1N1CCCC(NC(C)C)C1=O. The standard InChI is InChI=1S/C15H21ClN2O2/c1-10(2)17-12-5-4-8-18(15(12)19)13-9-11(16)6-7-14(13)20-3/h6-7,9-10,12,17H,4-5,8H2,1-3H3. The highest BCUT2D eigenvalue weighted by Gasteiger charge is 2.31. The van der Waals surface area contributed by atoms with Crippen molar-refractivity contribution in [3.63, 3.8) is 0 Å². The zero-order valence-corrected chi connectivity index (χ0v) is 12.9. The fourth-order valence-corrected chi connectivity index (χ4v) is 2.71. The highest BCUT2D eigenvalue weighted by atomic mass is 35.5. The number of nitrogens with zero attached hydrogens (tertiary/aromatic N) is 1. The minimum absolute atomic E-state index is 0.0884. The van der Waals surface area contributed by atoms with Crippen LogP contribution >= 0.6 is 11.6 Å². The normalized spacial score (nSPS) is 19.6. The quantitative estimate of drug-likeness (QED) is 0.929. The van der Waals surface area contributed by atoms with Gasteiger partial charge in [0.15, 0.2) is 0 Å². The Hall–Kier alpha value is -1.26. The Labute approximate surface area is 125 Å². The van der Waals surface area contributed by atoms with Crippen molar-refractivity contribution < 1.29 is 9.53 Å². The van der Waals surface area contributed by atoms with Crippen molar-refractivity contribution in [1.82, 2.24) is 5.32 Å². The zero-order chi connectivity index (χ0) is 14.7. The van der Waals surface area contributed by atoms with Crippen LogP contribution in [0.25, 0.3) is 0 Å². The van der Waals surface area contributed by atoms with Crippen LogP contribution in [0, 0.1) is 0 Å². The van der Waals surface area contributed by atoms with Gasteiger partial charge < -0.3 is 15.0 Å². The summed E-state index contributed by atoms with van der Waals surface area (Å²) in [5.41, 5.74) is 0.750. The van der Waals surface area contributed by atoms with Crippen molar-refractivity contribution in [2.45, 2.75) is 38.8 Å². The monoisotopic (exact) mass is 296 g/mol. The molecule has 0 saturated carbocycles. The Balaban J connectivity index is 2.27. The number of amides is 1. The maximum absolute atomic E-state index is 12.6. The lowest BCUT2D eigenvalue weighted by atomic mass is 10.0. The van der Waals surface area contributed by atoms with Gasteiger partial charge in [-0.15, -0.1) is 0 Å². The predicted molar refractivity (Wildman–Crippen MR) is 81.7 cm³/mol. The summed E-state index contributed by atoms with van der Waals surface area (Å²) in [7, 11) is 1.60. The van der Waals surface area contributed by atoms with Crippen molar-refractivity contribution in [3.05, 3.63) is 23.2 Å². The summed E-state index contributed by atoms with van der Waals surface area (Å²) in [5.74, 6) is 0.762. The molecule has 2 rings (SSSR count). The van der Waals surface area contributed by atoms with Gasteiger partial charge in [0.05, 0.1) is 18.8 Å². The molecule has 1 N–H and O–H groups in total. The summed E-state index contributed by atoms with van der Waals surface area (Å²) in [6.07, 6.45) is 1.84. The molecule has 20 heavy (non-hydrogen) atoms. The van der Waals surface area contributed by atoms with E-state index in [0.717, 1.165) is 18.5 Å². The second kappa shape index (κ2) is 6.46. The van der Waals surface area contributed by atoms with Crippen LogP contribution < -0.4 is 15.0 Å². The lowest BCUT2D eigenvalue weighted by Gasteiger charge is -2.34. The second-order valence-electron chi connectivity index (χ2n) is 5.32. The molecule has 0 aliphatic carbocycles. The lowest BCUT2D eigenvalue weighted by Crippen LogP contribution is -2.52. The summed E-state index contributed by atoms with van der Waals surface area (Å²) in [6, 6.07) is 5.50. The summed E-state index contributed by atoms with van der Waals surface area (Å²) >= 11 is 6.05. The maximum Gasteiger partial charge on any atom is 0.244 e. The molecule has 4 nitrogen and oxygen atoms in total. The van der Waals surface area contributed by atoms with Gasteiger partial charge in [-0.2, -0.15) is 0 Å². The van der Waals surface area contributed by atoms with Gasteiger partial charge in [0.2, 0.25) is 5.91 Å². The van der Waals surface area contributed by atoms with E-state index in [1.54, 1.807) is 30.2 Å². The number of carbonyl (C=O) groups is 1. The summed E-state index contributed by atoms with van der Waals surface area (Å²) < 4.78 is 5.35. The highest BCUT2D eigenvalue weighted by Crippen LogP contribution is 2.33. The average molecular weight is 297 g/mol. The van der Waals surface area contributed by atoms with Crippen molar-refractivity contribution in [3.8, 4) is 5.75 Å². The number of benzene rings is 1. The number of ether oxygens (including phenoxy) is 1. The molecule has 1 aliphatic heterocycles. The summed E-state index contributed by atoms with van der Waals surface area (Å²) in [6.45, 7) is 4.80. The zero-order valence-electron chi connectivity index (χ0n) is 12.1. The van der Waals surface area contributed by atoms with Crippen LogP contribution in [0.5, 0.6) is 5.75 Å².